The fraction of sp³-hybridized carbons (Fsp3) is 0.333. The molecule has 2 aromatic rings. The summed E-state index contributed by atoms with van der Waals surface area (Å²) >= 11 is 0. The summed E-state index contributed by atoms with van der Waals surface area (Å²) in [5.74, 6) is 1.58. The Bertz CT molecular complexity index is 1200. The van der Waals surface area contributed by atoms with E-state index in [0.29, 0.717) is 11.1 Å². The summed E-state index contributed by atoms with van der Waals surface area (Å²) < 4.78 is 64.3. The monoisotopic (exact) mass is 544 g/mol. The zero-order valence-electron chi connectivity index (χ0n) is 20.8. The van der Waals surface area contributed by atoms with Crippen LogP contribution in [0.15, 0.2) is 35.9 Å². The van der Waals surface area contributed by atoms with E-state index >= 15 is 0 Å². The summed E-state index contributed by atoms with van der Waals surface area (Å²) in [5.41, 5.74) is 1.01. The van der Waals surface area contributed by atoms with E-state index in [1.165, 1.54) is 63.4 Å². The first-order valence-electron chi connectivity index (χ1n) is 11.1. The van der Waals surface area contributed by atoms with Gasteiger partial charge in [-0.3, -0.25) is 9.13 Å². The highest BCUT2D eigenvalue weighted by Gasteiger charge is 2.22. The second-order valence-corrected chi connectivity index (χ2v) is 10.7. The van der Waals surface area contributed by atoms with Crippen LogP contribution in [0.2, 0.25) is 0 Å². The summed E-state index contributed by atoms with van der Waals surface area (Å²) in [4.78, 5) is 0. The van der Waals surface area contributed by atoms with Gasteiger partial charge < -0.3 is 33.3 Å². The number of rotatable bonds is 13. The molecular formula is C24H31FO9P2. The molecule has 0 aliphatic rings. The lowest BCUT2D eigenvalue weighted by molar-refractivity contribution is 0.229. The number of hydrogen-bond acceptors (Lipinski definition) is 9. The highest BCUT2D eigenvalue weighted by atomic mass is 31.2. The molecule has 198 valence electrons. The van der Waals surface area contributed by atoms with Crippen molar-refractivity contribution in [3.63, 3.8) is 0 Å². The second kappa shape index (κ2) is 13.1. The Morgan fingerprint density at radius 3 is 1.56 bits per heavy atom. The summed E-state index contributed by atoms with van der Waals surface area (Å²) in [6.45, 7) is 5.17. The fourth-order valence-electron chi connectivity index (χ4n) is 3.23. The van der Waals surface area contributed by atoms with Crippen LogP contribution in [0.5, 0.6) is 23.0 Å². The van der Waals surface area contributed by atoms with Crippen LogP contribution in [0.3, 0.4) is 0 Å². The van der Waals surface area contributed by atoms with Gasteiger partial charge in [-0.2, -0.15) is 4.20 Å². The van der Waals surface area contributed by atoms with Gasteiger partial charge in [0.1, 0.15) is 0 Å². The minimum Gasteiger partial charge on any atom is -0.504 e. The van der Waals surface area contributed by atoms with Crippen molar-refractivity contribution in [1.29, 1.82) is 0 Å². The number of halogens is 1. The van der Waals surface area contributed by atoms with Gasteiger partial charge in [0.05, 0.1) is 34.0 Å². The molecule has 2 N–H and O–H groups in total. The summed E-state index contributed by atoms with van der Waals surface area (Å²) in [6.07, 6.45) is 2.71. The summed E-state index contributed by atoms with van der Waals surface area (Å²) in [5, 5.41) is 21.6. The van der Waals surface area contributed by atoms with Crippen molar-refractivity contribution in [3.8, 4) is 34.1 Å². The maximum atomic E-state index is 14.0. The highest BCUT2D eigenvalue weighted by molar-refractivity contribution is 7.57. The summed E-state index contributed by atoms with van der Waals surface area (Å²) in [7, 11) is -5.29. The maximum Gasteiger partial charge on any atom is 0.390 e. The quantitative estimate of drug-likeness (QED) is 0.252. The molecule has 0 saturated carbocycles. The minimum atomic E-state index is -4.46. The SMILES string of the molecule is CCOP(=O)(F)/C=C/c1cc(OC)c(O)c(-c2cc(/C=C/P(=O)(OCC)OCC)cc(OC)c2O)c1. The first-order chi connectivity index (χ1) is 17.0. The van der Waals surface area contributed by atoms with Gasteiger partial charge in [0, 0.05) is 22.8 Å². The number of aromatic hydroxyl groups is 2. The molecule has 2 rings (SSSR count). The van der Waals surface area contributed by atoms with E-state index in [0.717, 1.165) is 5.82 Å². The molecule has 2 aromatic carbocycles. The zero-order chi connectivity index (χ0) is 26.9. The molecule has 0 amide bonds. The number of hydrogen-bond donors (Lipinski definition) is 2. The topological polar surface area (TPSA) is 121 Å². The highest BCUT2D eigenvalue weighted by Crippen LogP contribution is 2.52. The lowest BCUT2D eigenvalue weighted by Crippen LogP contribution is -1.93. The Morgan fingerprint density at radius 2 is 1.17 bits per heavy atom. The molecule has 0 fully saturated rings. The van der Waals surface area contributed by atoms with Crippen LogP contribution < -0.4 is 9.47 Å². The van der Waals surface area contributed by atoms with Crippen LogP contribution in [0.4, 0.5) is 4.20 Å². The van der Waals surface area contributed by atoms with E-state index in [2.05, 4.69) is 4.52 Å². The average molecular weight is 544 g/mol. The molecule has 0 aromatic heterocycles. The number of phenolic OH excluding ortho intramolecular Hbond substituents is 2. The van der Waals surface area contributed by atoms with Crippen LogP contribution in [0, 0.1) is 0 Å². The molecule has 0 heterocycles. The van der Waals surface area contributed by atoms with Crippen LogP contribution in [0.1, 0.15) is 31.9 Å². The van der Waals surface area contributed by atoms with E-state index in [1.54, 1.807) is 13.8 Å². The first-order valence-corrected chi connectivity index (χ1v) is 14.3. The van der Waals surface area contributed by atoms with E-state index in [1.807, 2.05) is 0 Å². The van der Waals surface area contributed by atoms with Gasteiger partial charge >= 0.3 is 15.3 Å². The van der Waals surface area contributed by atoms with E-state index in [9.17, 15) is 23.5 Å². The lowest BCUT2D eigenvalue weighted by atomic mass is 9.97. The van der Waals surface area contributed by atoms with Gasteiger partial charge in [0.2, 0.25) is 0 Å². The molecule has 1 atom stereocenters. The standard InChI is InChI=1S/C24H31FO9P2/c1-6-32-35(25,28)11-9-17-13-19(23(26)21(15-17)30-4)20-14-18(16-22(31-5)24(20)27)10-12-36(29,33-7-2)34-8-3/h9-16,26-27H,6-8H2,1-5H3/b11-9+,12-10+. The number of benzene rings is 2. The number of phenols is 2. The average Bonchev–Trinajstić information content (AvgIpc) is 2.83. The smallest absolute Gasteiger partial charge is 0.390 e. The van der Waals surface area contributed by atoms with Crippen molar-refractivity contribution in [3.05, 3.63) is 47.0 Å². The minimum absolute atomic E-state index is 0.0220. The van der Waals surface area contributed by atoms with E-state index in [-0.39, 0.29) is 53.9 Å². The molecule has 0 spiro atoms. The van der Waals surface area contributed by atoms with Crippen molar-refractivity contribution >= 4 is 27.4 Å². The molecule has 12 heteroatoms. The molecule has 0 aliphatic carbocycles. The molecule has 9 nitrogen and oxygen atoms in total. The lowest BCUT2D eigenvalue weighted by Gasteiger charge is -2.16. The van der Waals surface area contributed by atoms with Crippen LogP contribution >= 0.6 is 15.3 Å². The summed E-state index contributed by atoms with van der Waals surface area (Å²) in [6, 6.07) is 5.85. The third-order valence-corrected chi connectivity index (χ3v) is 7.61. The third kappa shape index (κ3) is 7.69. The molecule has 1 unspecified atom stereocenters. The van der Waals surface area contributed by atoms with Gasteiger partial charge in [-0.1, -0.05) is 0 Å². The molecule has 0 bridgehead atoms. The Hall–Kier alpha value is -2.61. The Kier molecular flexibility index (Phi) is 10.8. The number of ether oxygens (including phenoxy) is 2. The van der Waals surface area contributed by atoms with Gasteiger partial charge in [0.15, 0.2) is 23.0 Å². The first kappa shape index (κ1) is 29.6. The molecule has 0 saturated heterocycles. The van der Waals surface area contributed by atoms with Crippen molar-refractivity contribution in [2.45, 2.75) is 20.8 Å². The van der Waals surface area contributed by atoms with E-state index in [4.69, 9.17) is 18.5 Å². The Morgan fingerprint density at radius 1 is 0.750 bits per heavy atom. The predicted octanol–water partition coefficient (Wildman–Crippen LogP) is 7.19. The number of methoxy groups -OCH3 is 2. The van der Waals surface area contributed by atoms with Gasteiger partial charge in [-0.05, 0) is 68.3 Å². The van der Waals surface area contributed by atoms with Crippen LogP contribution in [-0.2, 0) is 22.7 Å². The van der Waals surface area contributed by atoms with Crippen LogP contribution in [0.25, 0.3) is 23.3 Å². The predicted molar refractivity (Wildman–Crippen MR) is 138 cm³/mol. The fourth-order valence-corrected chi connectivity index (χ4v) is 5.34. The Balaban J connectivity index is 2.67. The van der Waals surface area contributed by atoms with Gasteiger partial charge in [-0.25, -0.2) is 0 Å². The Labute approximate surface area is 210 Å². The third-order valence-electron chi connectivity index (χ3n) is 4.74. The second-order valence-electron chi connectivity index (χ2n) is 7.18. The molecule has 36 heavy (non-hydrogen) atoms. The van der Waals surface area contributed by atoms with E-state index < -0.39 is 15.3 Å². The largest absolute Gasteiger partial charge is 0.504 e. The van der Waals surface area contributed by atoms with Crippen molar-refractivity contribution < 1.29 is 46.6 Å². The molecule has 0 radical (unpaired) electrons. The van der Waals surface area contributed by atoms with Crippen molar-refractivity contribution in [1.82, 2.24) is 0 Å². The zero-order valence-corrected chi connectivity index (χ0v) is 22.6. The maximum absolute atomic E-state index is 14.0. The molecule has 0 aliphatic heterocycles. The van der Waals surface area contributed by atoms with Crippen molar-refractivity contribution in [2.75, 3.05) is 34.0 Å². The van der Waals surface area contributed by atoms with Gasteiger partial charge in [0.25, 0.3) is 0 Å². The normalized spacial score (nSPS) is 13.8. The van der Waals surface area contributed by atoms with Crippen molar-refractivity contribution in [2.24, 2.45) is 0 Å². The van der Waals surface area contributed by atoms with Gasteiger partial charge in [-0.15, -0.1) is 0 Å². The molecular weight excluding hydrogens is 513 g/mol. The van der Waals surface area contributed by atoms with Crippen LogP contribution in [-0.4, -0.2) is 44.3 Å².